The van der Waals surface area contributed by atoms with Gasteiger partial charge in [0.15, 0.2) is 5.76 Å². The first-order valence-electron chi connectivity index (χ1n) is 8.23. The number of amides is 1. The molecule has 0 bridgehead atoms. The molecular weight excluding hydrogens is 412 g/mol. The maximum Gasteiger partial charge on any atom is 0.256 e. The van der Waals surface area contributed by atoms with Gasteiger partial charge < -0.3 is 9.73 Å². The van der Waals surface area contributed by atoms with E-state index in [1.807, 2.05) is 62.4 Å². The van der Waals surface area contributed by atoms with E-state index in [1.54, 1.807) is 6.20 Å². The summed E-state index contributed by atoms with van der Waals surface area (Å²) in [5, 5.41) is 3.14. The fourth-order valence-corrected chi connectivity index (χ4v) is 3.47. The minimum atomic E-state index is -0.297. The van der Waals surface area contributed by atoms with Gasteiger partial charge in [0.1, 0.15) is 0 Å². The van der Waals surface area contributed by atoms with Crippen molar-refractivity contribution in [3.63, 3.8) is 0 Å². The normalized spacial score (nSPS) is 12.0. The summed E-state index contributed by atoms with van der Waals surface area (Å²) in [5.41, 5.74) is 3.22. The summed E-state index contributed by atoms with van der Waals surface area (Å²) in [5.74, 6) is 0.638. The fraction of sp³-hybridized carbons (Fsp3) is 0.200. The average Bonchev–Trinajstić information content (AvgIpc) is 3.09. The molecule has 3 rings (SSSR count). The molecule has 134 valence electrons. The Kier molecular flexibility index (Phi) is 6.16. The summed E-state index contributed by atoms with van der Waals surface area (Å²) in [6, 6.07) is 15.9. The smallest absolute Gasteiger partial charge is 0.256 e. The minimum Gasteiger partial charge on any atom is -0.431 e. The number of hydrogen-bond acceptors (Lipinski definition) is 4. The predicted octanol–water partition coefficient (Wildman–Crippen LogP) is 5.21. The van der Waals surface area contributed by atoms with Gasteiger partial charge in [0, 0.05) is 16.6 Å². The first-order valence-corrected chi connectivity index (χ1v) is 9.90. The van der Waals surface area contributed by atoms with Crippen LogP contribution in [0.2, 0.25) is 0 Å². The van der Waals surface area contributed by atoms with Crippen LogP contribution in [-0.2, 0) is 11.3 Å². The van der Waals surface area contributed by atoms with E-state index in [0.717, 1.165) is 15.6 Å². The second kappa shape index (κ2) is 8.56. The summed E-state index contributed by atoms with van der Waals surface area (Å²) < 4.78 is 6.75. The number of hydrogen-bond donors (Lipinski definition) is 1. The third-order valence-corrected chi connectivity index (χ3v) is 5.28. The Balaban J connectivity index is 1.56. The van der Waals surface area contributed by atoms with Crippen LogP contribution in [0.25, 0.3) is 11.3 Å². The van der Waals surface area contributed by atoms with E-state index < -0.39 is 0 Å². The van der Waals surface area contributed by atoms with Crippen LogP contribution in [0.15, 0.2) is 68.8 Å². The molecule has 3 aromatic rings. The maximum absolute atomic E-state index is 12.3. The van der Waals surface area contributed by atoms with Crippen molar-refractivity contribution < 1.29 is 9.21 Å². The van der Waals surface area contributed by atoms with Gasteiger partial charge in [0.05, 0.1) is 11.4 Å². The molecule has 2 aromatic carbocycles. The van der Waals surface area contributed by atoms with E-state index in [-0.39, 0.29) is 11.2 Å². The predicted molar refractivity (Wildman–Crippen MR) is 108 cm³/mol. The largest absolute Gasteiger partial charge is 0.431 e. The molecule has 0 aliphatic rings. The van der Waals surface area contributed by atoms with Gasteiger partial charge >= 0.3 is 0 Å². The van der Waals surface area contributed by atoms with E-state index in [9.17, 15) is 4.79 Å². The lowest BCUT2D eigenvalue weighted by Crippen LogP contribution is -2.30. The van der Waals surface area contributed by atoms with Gasteiger partial charge in [-0.1, -0.05) is 69.7 Å². The van der Waals surface area contributed by atoms with Gasteiger partial charge in [-0.05, 0) is 31.5 Å². The number of nitrogens with zero attached hydrogens (tertiary/aromatic N) is 1. The van der Waals surface area contributed by atoms with Crippen LogP contribution < -0.4 is 5.32 Å². The summed E-state index contributed by atoms with van der Waals surface area (Å²) in [6.07, 6.45) is 1.68. The Bertz CT molecular complexity index is 893. The molecule has 1 heterocycles. The number of aromatic nitrogens is 1. The lowest BCUT2D eigenvalue weighted by molar-refractivity contribution is -0.120. The molecule has 0 aliphatic heterocycles. The fourth-order valence-electron chi connectivity index (χ4n) is 2.33. The molecule has 1 atom stereocenters. The van der Waals surface area contributed by atoms with E-state index in [4.69, 9.17) is 4.42 Å². The Labute approximate surface area is 165 Å². The summed E-state index contributed by atoms with van der Waals surface area (Å²) in [7, 11) is 0. The number of nitrogens with one attached hydrogen (secondary N) is 1. The van der Waals surface area contributed by atoms with E-state index in [2.05, 4.69) is 26.2 Å². The van der Waals surface area contributed by atoms with E-state index in [0.29, 0.717) is 17.5 Å². The topological polar surface area (TPSA) is 55.1 Å². The van der Waals surface area contributed by atoms with Crippen molar-refractivity contribution in [1.82, 2.24) is 10.3 Å². The summed E-state index contributed by atoms with van der Waals surface area (Å²) in [4.78, 5) is 16.6. The van der Waals surface area contributed by atoms with Crippen molar-refractivity contribution in [2.45, 2.75) is 30.9 Å². The second-order valence-corrected chi connectivity index (χ2v) is 8.17. The highest BCUT2D eigenvalue weighted by Crippen LogP contribution is 2.29. The number of rotatable bonds is 6. The van der Waals surface area contributed by atoms with Crippen LogP contribution in [0, 0.1) is 6.92 Å². The van der Waals surface area contributed by atoms with Crippen LogP contribution >= 0.6 is 27.7 Å². The highest BCUT2D eigenvalue weighted by atomic mass is 79.9. The summed E-state index contributed by atoms with van der Waals surface area (Å²) >= 11 is 4.75. The third-order valence-electron chi connectivity index (χ3n) is 3.83. The molecule has 1 amide bonds. The number of thioether (sulfide) groups is 1. The van der Waals surface area contributed by atoms with Crippen LogP contribution in [0.4, 0.5) is 0 Å². The highest BCUT2D eigenvalue weighted by Gasteiger charge is 2.17. The van der Waals surface area contributed by atoms with Crippen LogP contribution in [0.3, 0.4) is 0 Å². The van der Waals surface area contributed by atoms with Crippen LogP contribution in [-0.4, -0.2) is 16.1 Å². The average molecular weight is 431 g/mol. The number of carbonyl (C=O) groups is 1. The Morgan fingerprint density at radius 1 is 1.27 bits per heavy atom. The molecule has 0 spiro atoms. The van der Waals surface area contributed by atoms with E-state index in [1.165, 1.54) is 17.3 Å². The van der Waals surface area contributed by atoms with Gasteiger partial charge in [0.2, 0.25) is 5.91 Å². The zero-order valence-electron chi connectivity index (χ0n) is 14.5. The van der Waals surface area contributed by atoms with Crippen molar-refractivity contribution >= 4 is 33.6 Å². The molecule has 0 aliphatic carbocycles. The molecule has 0 saturated heterocycles. The SMILES string of the molecule is Cc1ccc(CNC(=O)[C@H](C)Sc2ncc(-c3cccc(Br)c3)o2)cc1. The Morgan fingerprint density at radius 2 is 2.04 bits per heavy atom. The van der Waals surface area contributed by atoms with Gasteiger partial charge in [0.25, 0.3) is 5.22 Å². The van der Waals surface area contributed by atoms with Crippen molar-refractivity contribution in [3.8, 4) is 11.3 Å². The van der Waals surface area contributed by atoms with Gasteiger partial charge in [-0.2, -0.15) is 0 Å². The molecule has 1 aromatic heterocycles. The monoisotopic (exact) mass is 430 g/mol. The first kappa shape index (κ1) is 18.7. The van der Waals surface area contributed by atoms with Crippen LogP contribution in [0.1, 0.15) is 18.1 Å². The molecule has 6 heteroatoms. The van der Waals surface area contributed by atoms with Gasteiger partial charge in [-0.15, -0.1) is 0 Å². The maximum atomic E-state index is 12.3. The molecule has 0 radical (unpaired) electrons. The Hall–Kier alpha value is -2.05. The van der Waals surface area contributed by atoms with Crippen molar-refractivity contribution in [2.24, 2.45) is 0 Å². The van der Waals surface area contributed by atoms with E-state index >= 15 is 0 Å². The van der Waals surface area contributed by atoms with Crippen molar-refractivity contribution in [1.29, 1.82) is 0 Å². The highest BCUT2D eigenvalue weighted by molar-refractivity contribution is 9.10. The lowest BCUT2D eigenvalue weighted by Gasteiger charge is -2.10. The number of oxazole rings is 1. The third kappa shape index (κ3) is 4.99. The molecule has 4 nitrogen and oxygen atoms in total. The minimum absolute atomic E-state index is 0.0437. The number of carbonyl (C=O) groups excluding carboxylic acids is 1. The van der Waals surface area contributed by atoms with Gasteiger partial charge in [-0.25, -0.2) is 4.98 Å². The van der Waals surface area contributed by atoms with Gasteiger partial charge in [-0.3, -0.25) is 4.79 Å². The molecule has 0 unspecified atom stereocenters. The number of halogens is 1. The molecule has 1 N–H and O–H groups in total. The summed E-state index contributed by atoms with van der Waals surface area (Å²) in [6.45, 7) is 4.40. The molecule has 0 saturated carbocycles. The zero-order chi connectivity index (χ0) is 18.5. The first-order chi connectivity index (χ1) is 12.5. The number of aryl methyl sites for hydroxylation is 1. The lowest BCUT2D eigenvalue weighted by atomic mass is 10.1. The second-order valence-electron chi connectivity index (χ2n) is 5.96. The van der Waals surface area contributed by atoms with Crippen molar-refractivity contribution in [2.75, 3.05) is 0 Å². The van der Waals surface area contributed by atoms with Crippen molar-refractivity contribution in [3.05, 3.63) is 70.3 Å². The molecule has 0 fully saturated rings. The number of benzene rings is 2. The molecular formula is C20H19BrN2O2S. The molecule has 26 heavy (non-hydrogen) atoms. The quantitative estimate of drug-likeness (QED) is 0.545. The van der Waals surface area contributed by atoms with Crippen LogP contribution in [0.5, 0.6) is 0 Å². The zero-order valence-corrected chi connectivity index (χ0v) is 16.9. The standard InChI is InChI=1S/C20H19BrN2O2S/c1-13-6-8-15(9-7-13)11-22-19(24)14(2)26-20-23-12-18(25-20)16-4-3-5-17(21)10-16/h3-10,12,14H,11H2,1-2H3,(H,22,24)/t14-/m0/s1. The Morgan fingerprint density at radius 3 is 2.77 bits per heavy atom.